The summed E-state index contributed by atoms with van der Waals surface area (Å²) in [5.74, 6) is 1.65. The van der Waals surface area contributed by atoms with Crippen LogP contribution in [0.2, 0.25) is 0 Å². The van der Waals surface area contributed by atoms with E-state index >= 15 is 0 Å². The highest BCUT2D eigenvalue weighted by atomic mass is 32.2. The molecular formula is C23H27FN6OS2. The summed E-state index contributed by atoms with van der Waals surface area (Å²) in [6.07, 6.45) is 4.71. The zero-order chi connectivity index (χ0) is 22.9. The Labute approximate surface area is 201 Å². The van der Waals surface area contributed by atoms with Gasteiger partial charge in [0.15, 0.2) is 10.3 Å². The van der Waals surface area contributed by atoms with Crippen molar-refractivity contribution in [3.8, 4) is 0 Å². The largest absolute Gasteiger partial charge is 0.341 e. The van der Waals surface area contributed by atoms with E-state index in [9.17, 15) is 9.18 Å². The second-order valence-corrected chi connectivity index (χ2v) is 10.5. The number of thiazole rings is 1. The number of nitrogens with zero attached hydrogens (tertiary/aromatic N) is 6. The van der Waals surface area contributed by atoms with E-state index < -0.39 is 5.82 Å². The topological polar surface area (TPSA) is 67.2 Å². The van der Waals surface area contributed by atoms with E-state index in [0.29, 0.717) is 16.9 Å². The van der Waals surface area contributed by atoms with Crippen molar-refractivity contribution in [1.29, 1.82) is 0 Å². The van der Waals surface area contributed by atoms with E-state index in [2.05, 4.69) is 31.6 Å². The highest BCUT2D eigenvalue weighted by Gasteiger charge is 2.32. The number of halogens is 1. The molecule has 1 saturated heterocycles. The second-order valence-electron chi connectivity index (χ2n) is 8.77. The van der Waals surface area contributed by atoms with Gasteiger partial charge in [-0.25, -0.2) is 9.37 Å². The Morgan fingerprint density at radius 3 is 2.67 bits per heavy atom. The number of aromatic nitrogens is 4. The first kappa shape index (κ1) is 22.3. The second kappa shape index (κ2) is 9.42. The number of carbonyl (C=O) groups is 1. The zero-order valence-electron chi connectivity index (χ0n) is 18.8. The normalized spacial score (nSPS) is 16.9. The molecule has 1 aliphatic heterocycles. The van der Waals surface area contributed by atoms with Crippen LogP contribution in [0.15, 0.2) is 34.8 Å². The van der Waals surface area contributed by atoms with E-state index in [1.165, 1.54) is 54.9 Å². The summed E-state index contributed by atoms with van der Waals surface area (Å²) in [7, 11) is 0. The first-order valence-electron chi connectivity index (χ1n) is 11.3. The van der Waals surface area contributed by atoms with Crippen molar-refractivity contribution >= 4 is 45.8 Å². The molecule has 0 atom stereocenters. The van der Waals surface area contributed by atoms with Crippen LogP contribution in [-0.2, 0) is 10.5 Å². The van der Waals surface area contributed by atoms with Gasteiger partial charge >= 0.3 is 0 Å². The Bertz CT molecular complexity index is 1140. The molecule has 10 heteroatoms. The third-order valence-corrected chi connectivity index (χ3v) is 7.96. The number of benzene rings is 1. The van der Waals surface area contributed by atoms with Crippen molar-refractivity contribution in [3.05, 3.63) is 41.2 Å². The lowest BCUT2D eigenvalue weighted by atomic mass is 10.00. The van der Waals surface area contributed by atoms with Gasteiger partial charge in [0.25, 0.3) is 0 Å². The average Bonchev–Trinajstić information content (AvgIpc) is 3.38. The van der Waals surface area contributed by atoms with Gasteiger partial charge in [-0.15, -0.1) is 21.5 Å². The highest BCUT2D eigenvalue weighted by molar-refractivity contribution is 7.98. The molecular weight excluding hydrogens is 459 g/mol. The molecule has 1 amide bonds. The molecule has 2 aromatic heterocycles. The number of para-hydroxylation sites is 1. The number of hydrogen-bond donors (Lipinski definition) is 0. The van der Waals surface area contributed by atoms with Gasteiger partial charge in [0, 0.05) is 37.2 Å². The molecule has 174 valence electrons. The minimum atomic E-state index is -0.448. The fourth-order valence-electron chi connectivity index (χ4n) is 4.09. The van der Waals surface area contributed by atoms with E-state index in [1.807, 2.05) is 5.38 Å². The van der Waals surface area contributed by atoms with Crippen LogP contribution >= 0.6 is 23.1 Å². The maximum atomic E-state index is 14.3. The molecule has 5 rings (SSSR count). The fourth-order valence-corrected chi connectivity index (χ4v) is 5.97. The van der Waals surface area contributed by atoms with Gasteiger partial charge in [0.1, 0.15) is 5.82 Å². The Balaban J connectivity index is 1.32. The SMILES string of the molecule is CC(=O)N(c1nc(CSc2nnc(N3CCC(C)CC3)n2C2CC2)cs1)c1ccccc1F. The van der Waals surface area contributed by atoms with E-state index in [-0.39, 0.29) is 11.6 Å². The minimum Gasteiger partial charge on any atom is -0.341 e. The van der Waals surface area contributed by atoms with Crippen LogP contribution in [0.3, 0.4) is 0 Å². The quantitative estimate of drug-likeness (QED) is 0.415. The maximum absolute atomic E-state index is 14.3. The van der Waals surface area contributed by atoms with Crippen molar-refractivity contribution in [3.63, 3.8) is 0 Å². The van der Waals surface area contributed by atoms with Crippen LogP contribution in [0.5, 0.6) is 0 Å². The summed E-state index contributed by atoms with van der Waals surface area (Å²) in [5.41, 5.74) is 1.05. The minimum absolute atomic E-state index is 0.215. The van der Waals surface area contributed by atoms with E-state index in [1.54, 1.807) is 30.0 Å². The molecule has 33 heavy (non-hydrogen) atoms. The molecule has 2 fully saturated rings. The van der Waals surface area contributed by atoms with Gasteiger partial charge in [-0.05, 0) is 43.7 Å². The summed E-state index contributed by atoms with van der Waals surface area (Å²) in [6, 6.07) is 6.74. The maximum Gasteiger partial charge on any atom is 0.230 e. The number of amides is 1. The summed E-state index contributed by atoms with van der Waals surface area (Å²) >= 11 is 2.95. The van der Waals surface area contributed by atoms with E-state index in [4.69, 9.17) is 0 Å². The first-order chi connectivity index (χ1) is 16.0. The van der Waals surface area contributed by atoms with Crippen LogP contribution in [0.1, 0.15) is 51.3 Å². The molecule has 0 unspecified atom stereocenters. The first-order valence-corrected chi connectivity index (χ1v) is 13.2. The van der Waals surface area contributed by atoms with Crippen molar-refractivity contribution in [1.82, 2.24) is 19.7 Å². The molecule has 1 aromatic carbocycles. The average molecular weight is 487 g/mol. The molecule has 2 aliphatic rings. The van der Waals surface area contributed by atoms with Gasteiger partial charge < -0.3 is 4.90 Å². The van der Waals surface area contributed by atoms with Gasteiger partial charge in [-0.3, -0.25) is 14.3 Å². The lowest BCUT2D eigenvalue weighted by Gasteiger charge is -2.31. The molecule has 7 nitrogen and oxygen atoms in total. The molecule has 0 bridgehead atoms. The summed E-state index contributed by atoms with van der Waals surface area (Å²) in [4.78, 5) is 20.6. The molecule has 3 heterocycles. The number of anilines is 3. The fraction of sp³-hybridized carbons (Fsp3) is 0.478. The number of hydrogen-bond acceptors (Lipinski definition) is 7. The lowest BCUT2D eigenvalue weighted by molar-refractivity contribution is -0.115. The predicted octanol–water partition coefficient (Wildman–Crippen LogP) is 5.42. The smallest absolute Gasteiger partial charge is 0.230 e. The Kier molecular flexibility index (Phi) is 6.38. The van der Waals surface area contributed by atoms with Crippen LogP contribution in [-0.4, -0.2) is 38.7 Å². The highest BCUT2D eigenvalue weighted by Crippen LogP contribution is 2.42. The van der Waals surface area contributed by atoms with Crippen LogP contribution in [0.25, 0.3) is 0 Å². The molecule has 0 radical (unpaired) electrons. The predicted molar refractivity (Wildman–Crippen MR) is 130 cm³/mol. The summed E-state index contributed by atoms with van der Waals surface area (Å²) < 4.78 is 16.6. The number of carbonyl (C=O) groups excluding carboxylic acids is 1. The molecule has 0 spiro atoms. The van der Waals surface area contributed by atoms with Gasteiger partial charge in [-0.2, -0.15) is 0 Å². The lowest BCUT2D eigenvalue weighted by Crippen LogP contribution is -2.34. The van der Waals surface area contributed by atoms with Crippen molar-refractivity contribution in [2.45, 2.75) is 56.5 Å². The molecule has 0 N–H and O–H groups in total. The Morgan fingerprint density at radius 1 is 1.21 bits per heavy atom. The molecule has 1 aliphatic carbocycles. The third kappa shape index (κ3) is 4.77. The standard InChI is InChI=1S/C23H27FN6OS2/c1-15-9-11-28(12-10-15)21-26-27-23(30(21)18-7-8-18)33-14-17-13-32-22(25-17)29(16(2)31)20-6-4-3-5-19(20)24/h3-6,13,15,18H,7-12,14H2,1-2H3. The van der Waals surface area contributed by atoms with Crippen LogP contribution in [0.4, 0.5) is 21.2 Å². The van der Waals surface area contributed by atoms with E-state index in [0.717, 1.165) is 35.8 Å². The van der Waals surface area contributed by atoms with Crippen molar-refractivity contribution in [2.24, 2.45) is 5.92 Å². The summed E-state index contributed by atoms with van der Waals surface area (Å²) in [6.45, 7) is 5.79. The van der Waals surface area contributed by atoms with Crippen molar-refractivity contribution in [2.75, 3.05) is 22.9 Å². The van der Waals surface area contributed by atoms with Crippen molar-refractivity contribution < 1.29 is 9.18 Å². The van der Waals surface area contributed by atoms with Gasteiger partial charge in [0.05, 0.1) is 11.4 Å². The molecule has 1 saturated carbocycles. The number of piperidine rings is 1. The monoisotopic (exact) mass is 486 g/mol. The summed E-state index contributed by atoms with van der Waals surface area (Å²) in [5, 5.41) is 12.4. The number of thioether (sulfide) groups is 1. The number of rotatable bonds is 7. The third-order valence-electron chi connectivity index (χ3n) is 6.11. The van der Waals surface area contributed by atoms with Crippen LogP contribution < -0.4 is 9.80 Å². The van der Waals surface area contributed by atoms with Crippen LogP contribution in [0, 0.1) is 11.7 Å². The van der Waals surface area contributed by atoms with Gasteiger partial charge in [0.2, 0.25) is 11.9 Å². The Hall–Kier alpha value is -2.46. The molecule has 3 aromatic rings. The van der Waals surface area contributed by atoms with Gasteiger partial charge in [-0.1, -0.05) is 30.8 Å². The Morgan fingerprint density at radius 2 is 1.97 bits per heavy atom. The zero-order valence-corrected chi connectivity index (χ0v) is 20.4.